The van der Waals surface area contributed by atoms with E-state index in [9.17, 15) is 4.79 Å². The number of carbonyl (C=O) groups excluding carboxylic acids is 1. The molecule has 134 valence electrons. The molecule has 0 saturated carbocycles. The second kappa shape index (κ2) is 9.47. The number of carbonyl (C=O) groups is 1. The van der Waals surface area contributed by atoms with Crippen LogP contribution in [0, 0.1) is 11.8 Å². The normalized spacial score (nSPS) is 10.4. The first-order valence-electron chi connectivity index (χ1n) is 8.51. The van der Waals surface area contributed by atoms with Crippen molar-refractivity contribution in [2.45, 2.75) is 0 Å². The number of fused-ring (bicyclic) bond motifs is 1. The van der Waals surface area contributed by atoms with Gasteiger partial charge < -0.3 is 10.1 Å². The van der Waals surface area contributed by atoms with Crippen molar-refractivity contribution >= 4 is 34.4 Å². The van der Waals surface area contributed by atoms with Crippen LogP contribution < -0.4 is 10.1 Å². The number of hydrogen-bond acceptors (Lipinski definition) is 2. The summed E-state index contributed by atoms with van der Waals surface area (Å²) in [7, 11) is 0. The van der Waals surface area contributed by atoms with Gasteiger partial charge in [-0.2, -0.15) is 0 Å². The lowest BCUT2D eigenvalue weighted by Crippen LogP contribution is -2.21. The van der Waals surface area contributed by atoms with E-state index in [4.69, 9.17) is 16.3 Å². The van der Waals surface area contributed by atoms with Crippen LogP contribution in [-0.4, -0.2) is 19.1 Å². The third-order valence-corrected chi connectivity index (χ3v) is 4.19. The number of rotatable bonds is 5. The summed E-state index contributed by atoms with van der Waals surface area (Å²) < 4.78 is 5.73. The second-order valence-electron chi connectivity index (χ2n) is 5.69. The fraction of sp³-hybridized carbons (Fsp3) is 0.0870. The van der Waals surface area contributed by atoms with Gasteiger partial charge in [0.15, 0.2) is 0 Å². The predicted molar refractivity (Wildman–Crippen MR) is 111 cm³/mol. The minimum Gasteiger partial charge on any atom is -0.480 e. The lowest BCUT2D eigenvalue weighted by Gasteiger charge is -2.06. The summed E-state index contributed by atoms with van der Waals surface area (Å²) in [5.41, 5.74) is 0.795. The molecule has 3 nitrogen and oxygen atoms in total. The molecule has 1 N–H and O–H groups in total. The van der Waals surface area contributed by atoms with Crippen LogP contribution in [0.4, 0.5) is 0 Å². The monoisotopic (exact) mass is 375 g/mol. The van der Waals surface area contributed by atoms with Crippen LogP contribution in [0.15, 0.2) is 72.8 Å². The van der Waals surface area contributed by atoms with E-state index in [2.05, 4.69) is 17.2 Å². The van der Waals surface area contributed by atoms with Gasteiger partial charge in [0.1, 0.15) is 12.4 Å². The van der Waals surface area contributed by atoms with Gasteiger partial charge in [-0.25, -0.2) is 0 Å². The van der Waals surface area contributed by atoms with Gasteiger partial charge in [-0.1, -0.05) is 78.0 Å². The highest BCUT2D eigenvalue weighted by Gasteiger charge is 1.99. The Labute approximate surface area is 163 Å². The number of hydrogen-bond donors (Lipinski definition) is 1. The molecule has 0 aliphatic rings. The molecule has 0 saturated heterocycles. The number of ether oxygens (including phenoxy) is 1. The van der Waals surface area contributed by atoms with Gasteiger partial charge in [0, 0.05) is 16.5 Å². The maximum absolute atomic E-state index is 11.8. The molecule has 27 heavy (non-hydrogen) atoms. The van der Waals surface area contributed by atoms with Crippen LogP contribution in [0.1, 0.15) is 5.56 Å². The number of halogens is 1. The fourth-order valence-electron chi connectivity index (χ4n) is 2.51. The van der Waals surface area contributed by atoms with Crippen molar-refractivity contribution in [3.05, 3.63) is 83.4 Å². The van der Waals surface area contributed by atoms with Crippen LogP contribution >= 0.6 is 11.6 Å². The third kappa shape index (κ3) is 5.37. The zero-order valence-corrected chi connectivity index (χ0v) is 15.4. The summed E-state index contributed by atoms with van der Waals surface area (Å²) in [6.45, 7) is 0.518. The first-order chi connectivity index (χ1) is 13.2. The molecule has 0 aliphatic carbocycles. The van der Waals surface area contributed by atoms with Gasteiger partial charge in [0.05, 0.1) is 6.54 Å². The summed E-state index contributed by atoms with van der Waals surface area (Å²) in [4.78, 5) is 11.8. The summed E-state index contributed by atoms with van der Waals surface area (Å²) in [6, 6.07) is 21.3. The standard InChI is InChI=1S/C23H18ClNO2/c24-21-12-4-2-9-19(21)14-15-23(26)25-16-5-6-17-27-22-13-7-10-18-8-1-3-11-20(18)22/h1-4,7-15H,16-17H2,(H,25,26)/b15-14+. The van der Waals surface area contributed by atoms with E-state index < -0.39 is 0 Å². The summed E-state index contributed by atoms with van der Waals surface area (Å²) in [5.74, 6) is 6.36. The highest BCUT2D eigenvalue weighted by molar-refractivity contribution is 6.32. The minimum absolute atomic E-state index is 0.223. The molecule has 0 aromatic heterocycles. The molecule has 0 atom stereocenters. The molecule has 3 aromatic carbocycles. The molecule has 3 rings (SSSR count). The molecular weight excluding hydrogens is 358 g/mol. The Hall–Kier alpha value is -3.22. The van der Waals surface area contributed by atoms with Gasteiger partial charge in [0.25, 0.3) is 0 Å². The van der Waals surface area contributed by atoms with Crippen LogP contribution in [0.5, 0.6) is 5.75 Å². The minimum atomic E-state index is -0.223. The van der Waals surface area contributed by atoms with E-state index >= 15 is 0 Å². The first kappa shape index (κ1) is 18.6. The maximum atomic E-state index is 11.8. The second-order valence-corrected chi connectivity index (χ2v) is 6.10. The molecule has 0 unspecified atom stereocenters. The molecule has 4 heteroatoms. The number of amides is 1. The summed E-state index contributed by atoms with van der Waals surface area (Å²) >= 11 is 6.04. The fourth-order valence-corrected chi connectivity index (χ4v) is 2.71. The molecular formula is C23H18ClNO2. The average molecular weight is 376 g/mol. The highest BCUT2D eigenvalue weighted by atomic mass is 35.5. The Bertz CT molecular complexity index is 1030. The smallest absolute Gasteiger partial charge is 0.244 e. The van der Waals surface area contributed by atoms with E-state index in [1.54, 1.807) is 12.1 Å². The molecule has 0 radical (unpaired) electrons. The van der Waals surface area contributed by atoms with Crippen LogP contribution in [0.2, 0.25) is 5.02 Å². The summed E-state index contributed by atoms with van der Waals surface area (Å²) in [5, 5.41) is 5.49. The average Bonchev–Trinajstić information content (AvgIpc) is 2.70. The van der Waals surface area contributed by atoms with Gasteiger partial charge in [-0.15, -0.1) is 0 Å². The Morgan fingerprint density at radius 1 is 1.00 bits per heavy atom. The van der Waals surface area contributed by atoms with Crippen molar-refractivity contribution in [1.82, 2.24) is 5.32 Å². The molecule has 3 aromatic rings. The van der Waals surface area contributed by atoms with E-state index in [1.807, 2.05) is 60.7 Å². The highest BCUT2D eigenvalue weighted by Crippen LogP contribution is 2.24. The van der Waals surface area contributed by atoms with E-state index in [0.717, 1.165) is 22.1 Å². The van der Waals surface area contributed by atoms with E-state index in [-0.39, 0.29) is 19.1 Å². The van der Waals surface area contributed by atoms with Crippen molar-refractivity contribution in [1.29, 1.82) is 0 Å². The molecule has 0 aliphatic heterocycles. The zero-order chi connectivity index (χ0) is 18.9. The van der Waals surface area contributed by atoms with Gasteiger partial charge >= 0.3 is 0 Å². The van der Waals surface area contributed by atoms with Crippen molar-refractivity contribution in [3.63, 3.8) is 0 Å². The van der Waals surface area contributed by atoms with Crippen molar-refractivity contribution in [2.24, 2.45) is 0 Å². The Morgan fingerprint density at radius 2 is 1.78 bits per heavy atom. The molecule has 0 heterocycles. The Morgan fingerprint density at radius 3 is 2.67 bits per heavy atom. The molecule has 0 fully saturated rings. The topological polar surface area (TPSA) is 38.3 Å². The zero-order valence-electron chi connectivity index (χ0n) is 14.6. The number of benzene rings is 3. The first-order valence-corrected chi connectivity index (χ1v) is 8.88. The SMILES string of the molecule is O=C(/C=C/c1ccccc1Cl)NCC#CCOc1cccc2ccccc12. The van der Waals surface area contributed by atoms with E-state index in [1.165, 1.54) is 6.08 Å². The van der Waals surface area contributed by atoms with Crippen molar-refractivity contribution < 1.29 is 9.53 Å². The Kier molecular flexibility index (Phi) is 6.51. The molecule has 0 spiro atoms. The summed E-state index contributed by atoms with van der Waals surface area (Å²) in [6.07, 6.45) is 3.12. The van der Waals surface area contributed by atoms with Crippen LogP contribution in [-0.2, 0) is 4.79 Å². The number of nitrogens with one attached hydrogen (secondary N) is 1. The van der Waals surface area contributed by atoms with Crippen LogP contribution in [0.25, 0.3) is 16.8 Å². The lowest BCUT2D eigenvalue weighted by molar-refractivity contribution is -0.116. The van der Waals surface area contributed by atoms with Crippen molar-refractivity contribution in [2.75, 3.05) is 13.2 Å². The third-order valence-electron chi connectivity index (χ3n) is 3.84. The van der Waals surface area contributed by atoms with Gasteiger partial charge in [0.2, 0.25) is 5.91 Å². The Balaban J connectivity index is 1.45. The van der Waals surface area contributed by atoms with Crippen LogP contribution in [0.3, 0.4) is 0 Å². The van der Waals surface area contributed by atoms with E-state index in [0.29, 0.717) is 5.02 Å². The predicted octanol–water partition coefficient (Wildman–Crippen LogP) is 4.71. The van der Waals surface area contributed by atoms with Crippen molar-refractivity contribution in [3.8, 4) is 17.6 Å². The quantitative estimate of drug-likeness (QED) is 0.518. The maximum Gasteiger partial charge on any atom is 0.244 e. The largest absolute Gasteiger partial charge is 0.480 e. The van der Waals surface area contributed by atoms with Gasteiger partial charge in [-0.3, -0.25) is 4.79 Å². The van der Waals surface area contributed by atoms with Gasteiger partial charge in [-0.05, 0) is 29.2 Å². The molecule has 1 amide bonds. The lowest BCUT2D eigenvalue weighted by atomic mass is 10.1. The molecule has 0 bridgehead atoms.